The Morgan fingerprint density at radius 2 is 2.00 bits per heavy atom. The molecule has 0 bridgehead atoms. The maximum absolute atomic E-state index is 13.3. The average Bonchev–Trinajstić information content (AvgIpc) is 2.73. The van der Waals surface area contributed by atoms with E-state index in [1.165, 1.54) is 12.1 Å². The SMILES string of the molecule is C[C@@H]1CN(c2ccc(C#N)c(C(F)(F)F)c2)[C@@H](C)CN1C(=O)NCc1ccc(Cl)nc1. The Kier molecular flexibility index (Phi) is 6.60. The van der Waals surface area contributed by atoms with Crippen LogP contribution in [0.2, 0.25) is 5.15 Å². The second-order valence-electron chi connectivity index (χ2n) is 7.49. The molecule has 1 saturated heterocycles. The third-order valence-corrected chi connectivity index (χ3v) is 5.46. The van der Waals surface area contributed by atoms with E-state index in [0.29, 0.717) is 23.9 Å². The Bertz CT molecular complexity index is 990. The Balaban J connectivity index is 1.70. The van der Waals surface area contributed by atoms with Crippen LogP contribution in [-0.2, 0) is 12.7 Å². The maximum Gasteiger partial charge on any atom is 0.417 e. The van der Waals surface area contributed by atoms with Crippen molar-refractivity contribution in [1.82, 2.24) is 15.2 Å². The fourth-order valence-electron chi connectivity index (χ4n) is 3.60. The van der Waals surface area contributed by atoms with Crippen LogP contribution in [-0.4, -0.2) is 41.1 Å². The summed E-state index contributed by atoms with van der Waals surface area (Å²) in [5.74, 6) is 0. The number of nitrogens with one attached hydrogen (secondary N) is 1. The minimum atomic E-state index is -4.62. The van der Waals surface area contributed by atoms with Gasteiger partial charge in [0.25, 0.3) is 0 Å². The van der Waals surface area contributed by atoms with Gasteiger partial charge in [0, 0.05) is 43.6 Å². The lowest BCUT2D eigenvalue weighted by Crippen LogP contribution is -2.60. The number of hydrogen-bond acceptors (Lipinski definition) is 4. The molecule has 3 rings (SSSR count). The topological polar surface area (TPSA) is 72.3 Å². The second-order valence-corrected chi connectivity index (χ2v) is 7.88. The van der Waals surface area contributed by atoms with E-state index in [1.807, 2.05) is 18.7 Å². The van der Waals surface area contributed by atoms with Gasteiger partial charge in [-0.3, -0.25) is 0 Å². The van der Waals surface area contributed by atoms with Gasteiger partial charge in [0.1, 0.15) is 5.15 Å². The van der Waals surface area contributed by atoms with E-state index >= 15 is 0 Å². The number of hydrogen-bond donors (Lipinski definition) is 1. The first-order valence-electron chi connectivity index (χ1n) is 9.63. The van der Waals surface area contributed by atoms with Crippen molar-refractivity contribution in [2.45, 2.75) is 38.7 Å². The summed E-state index contributed by atoms with van der Waals surface area (Å²) in [7, 11) is 0. The summed E-state index contributed by atoms with van der Waals surface area (Å²) in [5, 5.41) is 12.2. The molecular formula is C21H21ClF3N5O. The van der Waals surface area contributed by atoms with Crippen molar-refractivity contribution in [2.24, 2.45) is 0 Å². The van der Waals surface area contributed by atoms with Gasteiger partial charge >= 0.3 is 12.2 Å². The maximum atomic E-state index is 13.3. The first-order chi connectivity index (χ1) is 14.6. The number of carbonyl (C=O) groups is 1. The molecule has 1 N–H and O–H groups in total. The molecule has 10 heteroatoms. The van der Waals surface area contributed by atoms with Crippen LogP contribution in [0.1, 0.15) is 30.5 Å². The lowest BCUT2D eigenvalue weighted by atomic mass is 10.0. The smallest absolute Gasteiger partial charge is 0.365 e. The van der Waals surface area contributed by atoms with Crippen LogP contribution in [0.4, 0.5) is 23.7 Å². The fourth-order valence-corrected chi connectivity index (χ4v) is 3.71. The van der Waals surface area contributed by atoms with Gasteiger partial charge in [0.15, 0.2) is 0 Å². The molecule has 2 atom stereocenters. The monoisotopic (exact) mass is 451 g/mol. The summed E-state index contributed by atoms with van der Waals surface area (Å²) in [5.41, 5.74) is -0.192. The summed E-state index contributed by atoms with van der Waals surface area (Å²) >= 11 is 5.76. The lowest BCUT2D eigenvalue weighted by Gasteiger charge is -2.45. The van der Waals surface area contributed by atoms with Crippen molar-refractivity contribution >= 4 is 23.3 Å². The summed E-state index contributed by atoms with van der Waals surface area (Å²) < 4.78 is 40.0. The lowest BCUT2D eigenvalue weighted by molar-refractivity contribution is -0.137. The number of amides is 2. The van der Waals surface area contributed by atoms with E-state index < -0.39 is 17.3 Å². The molecule has 0 unspecified atom stereocenters. The highest BCUT2D eigenvalue weighted by Gasteiger charge is 2.36. The first kappa shape index (κ1) is 22.7. The van der Waals surface area contributed by atoms with Crippen molar-refractivity contribution in [1.29, 1.82) is 5.26 Å². The van der Waals surface area contributed by atoms with Crippen LogP contribution in [0.5, 0.6) is 0 Å². The van der Waals surface area contributed by atoms with Crippen molar-refractivity contribution in [2.75, 3.05) is 18.0 Å². The molecule has 1 aliphatic rings. The predicted octanol–water partition coefficient (Wildman–Crippen LogP) is 4.43. The molecule has 1 aliphatic heterocycles. The summed E-state index contributed by atoms with van der Waals surface area (Å²) in [6, 6.07) is 8.00. The number of benzene rings is 1. The van der Waals surface area contributed by atoms with Crippen molar-refractivity contribution < 1.29 is 18.0 Å². The number of halogens is 4. The standard InChI is InChI=1S/C21H21ClF3N5O/c1-13-12-30(20(31)28-10-15-3-6-19(22)27-9-15)14(2)11-29(13)17-5-4-16(8-26)18(7-17)21(23,24)25/h3-7,9,13-14H,10-12H2,1-2H3,(H,28,31)/t13-,14+/m0/s1. The van der Waals surface area contributed by atoms with Crippen LogP contribution in [0.25, 0.3) is 0 Å². The van der Waals surface area contributed by atoms with Gasteiger partial charge in [0.05, 0.1) is 17.2 Å². The van der Waals surface area contributed by atoms with Crippen LogP contribution in [0, 0.1) is 11.3 Å². The zero-order valence-electron chi connectivity index (χ0n) is 16.9. The number of urea groups is 1. The second kappa shape index (κ2) is 9.02. The number of carbonyl (C=O) groups excluding carboxylic acids is 1. The molecule has 164 valence electrons. The van der Waals surface area contributed by atoms with E-state index in [-0.39, 0.29) is 24.7 Å². The summed E-state index contributed by atoms with van der Waals surface area (Å²) in [6.45, 7) is 4.68. The molecule has 1 fully saturated rings. The van der Waals surface area contributed by atoms with Crippen LogP contribution >= 0.6 is 11.6 Å². The molecule has 2 aromatic rings. The highest BCUT2D eigenvalue weighted by atomic mass is 35.5. The first-order valence-corrected chi connectivity index (χ1v) is 10.0. The van der Waals surface area contributed by atoms with E-state index in [2.05, 4.69) is 10.3 Å². The third kappa shape index (κ3) is 5.20. The molecule has 31 heavy (non-hydrogen) atoms. The van der Waals surface area contributed by atoms with Crippen molar-refractivity contribution in [3.8, 4) is 6.07 Å². The van der Waals surface area contributed by atoms with E-state index in [1.54, 1.807) is 29.3 Å². The molecule has 2 heterocycles. The Morgan fingerprint density at radius 1 is 1.26 bits per heavy atom. The molecule has 6 nitrogen and oxygen atoms in total. The number of nitriles is 1. The van der Waals surface area contributed by atoms with Crippen LogP contribution < -0.4 is 10.2 Å². The van der Waals surface area contributed by atoms with Gasteiger partial charge in [-0.2, -0.15) is 18.4 Å². The number of piperazine rings is 1. The number of aromatic nitrogens is 1. The number of pyridine rings is 1. The Hall–Kier alpha value is -2.99. The zero-order valence-corrected chi connectivity index (χ0v) is 17.7. The van der Waals surface area contributed by atoms with E-state index in [4.69, 9.17) is 16.9 Å². The molecule has 0 aliphatic carbocycles. The minimum absolute atomic E-state index is 0.215. The average molecular weight is 452 g/mol. The van der Waals surface area contributed by atoms with Crippen molar-refractivity contribution in [3.05, 3.63) is 58.4 Å². The molecule has 1 aromatic heterocycles. The zero-order chi connectivity index (χ0) is 22.8. The summed E-state index contributed by atoms with van der Waals surface area (Å²) in [6.07, 6.45) is -3.04. The fraction of sp³-hybridized carbons (Fsp3) is 0.381. The third-order valence-electron chi connectivity index (χ3n) is 5.24. The van der Waals surface area contributed by atoms with Gasteiger partial charge in [-0.15, -0.1) is 0 Å². The minimum Gasteiger partial charge on any atom is -0.365 e. The highest BCUT2D eigenvalue weighted by molar-refractivity contribution is 6.29. The van der Waals surface area contributed by atoms with Crippen molar-refractivity contribution in [3.63, 3.8) is 0 Å². The van der Waals surface area contributed by atoms with E-state index in [9.17, 15) is 18.0 Å². The molecule has 0 radical (unpaired) electrons. The number of nitrogens with zero attached hydrogens (tertiary/aromatic N) is 4. The molecule has 1 aromatic carbocycles. The number of rotatable bonds is 3. The largest absolute Gasteiger partial charge is 0.417 e. The molecule has 0 spiro atoms. The van der Waals surface area contributed by atoms with Gasteiger partial charge in [-0.05, 0) is 43.7 Å². The van der Waals surface area contributed by atoms with Gasteiger partial charge < -0.3 is 15.1 Å². The predicted molar refractivity (Wildman–Crippen MR) is 111 cm³/mol. The summed E-state index contributed by atoms with van der Waals surface area (Å²) in [4.78, 5) is 20.1. The van der Waals surface area contributed by atoms with Crippen LogP contribution in [0.15, 0.2) is 36.5 Å². The number of anilines is 1. The van der Waals surface area contributed by atoms with Crippen LogP contribution in [0.3, 0.4) is 0 Å². The van der Waals surface area contributed by atoms with Gasteiger partial charge in [-0.1, -0.05) is 17.7 Å². The molecule has 0 saturated carbocycles. The van der Waals surface area contributed by atoms with Gasteiger partial charge in [0.2, 0.25) is 0 Å². The Labute approximate surface area is 183 Å². The number of alkyl halides is 3. The highest BCUT2D eigenvalue weighted by Crippen LogP contribution is 2.35. The molecular weight excluding hydrogens is 431 g/mol. The normalized spacial score (nSPS) is 19.1. The van der Waals surface area contributed by atoms with E-state index in [0.717, 1.165) is 11.6 Å². The van der Waals surface area contributed by atoms with Gasteiger partial charge in [-0.25, -0.2) is 9.78 Å². The Morgan fingerprint density at radius 3 is 2.61 bits per heavy atom. The quantitative estimate of drug-likeness (QED) is 0.700. The molecule has 2 amide bonds.